The SMILES string of the molecule is O=C(NCc1cn(-c2cccnc2)nn1)Oc1ccccc1. The van der Waals surface area contributed by atoms with Crippen molar-refractivity contribution in [3.8, 4) is 11.4 Å². The number of carbonyl (C=O) groups excluding carboxylic acids is 1. The molecule has 0 saturated carbocycles. The van der Waals surface area contributed by atoms with E-state index < -0.39 is 6.09 Å². The molecule has 7 nitrogen and oxygen atoms in total. The fourth-order valence-electron chi connectivity index (χ4n) is 1.79. The highest BCUT2D eigenvalue weighted by Gasteiger charge is 2.07. The molecule has 22 heavy (non-hydrogen) atoms. The van der Waals surface area contributed by atoms with E-state index in [9.17, 15) is 4.79 Å². The second-order valence-corrected chi connectivity index (χ2v) is 4.42. The molecule has 3 aromatic rings. The number of para-hydroxylation sites is 1. The Bertz CT molecular complexity index is 743. The second-order valence-electron chi connectivity index (χ2n) is 4.42. The maximum atomic E-state index is 11.7. The number of pyridine rings is 1. The summed E-state index contributed by atoms with van der Waals surface area (Å²) in [6, 6.07) is 12.5. The summed E-state index contributed by atoms with van der Waals surface area (Å²) < 4.78 is 6.70. The normalized spacial score (nSPS) is 10.2. The van der Waals surface area contributed by atoms with Crippen LogP contribution in [0.1, 0.15) is 5.69 Å². The molecule has 1 N–H and O–H groups in total. The van der Waals surface area contributed by atoms with Gasteiger partial charge in [-0.1, -0.05) is 23.4 Å². The number of nitrogens with zero attached hydrogens (tertiary/aromatic N) is 4. The number of nitrogens with one attached hydrogen (secondary N) is 1. The summed E-state index contributed by atoms with van der Waals surface area (Å²) in [5.41, 5.74) is 1.42. The first kappa shape index (κ1) is 13.7. The number of aromatic nitrogens is 4. The molecule has 7 heteroatoms. The van der Waals surface area contributed by atoms with Crippen LogP contribution < -0.4 is 10.1 Å². The molecule has 0 spiro atoms. The van der Waals surface area contributed by atoms with Crippen molar-refractivity contribution in [1.82, 2.24) is 25.3 Å². The number of hydrogen-bond donors (Lipinski definition) is 1. The fraction of sp³-hybridized carbons (Fsp3) is 0.0667. The van der Waals surface area contributed by atoms with Gasteiger partial charge in [0.2, 0.25) is 0 Å². The lowest BCUT2D eigenvalue weighted by Gasteiger charge is -2.04. The Hall–Kier alpha value is -3.22. The van der Waals surface area contributed by atoms with Gasteiger partial charge in [0, 0.05) is 6.20 Å². The average molecular weight is 295 g/mol. The maximum absolute atomic E-state index is 11.7. The molecule has 110 valence electrons. The highest BCUT2D eigenvalue weighted by molar-refractivity contribution is 5.70. The van der Waals surface area contributed by atoms with E-state index in [1.54, 1.807) is 47.5 Å². The lowest BCUT2D eigenvalue weighted by Crippen LogP contribution is -2.26. The van der Waals surface area contributed by atoms with Crippen molar-refractivity contribution in [2.75, 3.05) is 0 Å². The minimum atomic E-state index is -0.540. The fourth-order valence-corrected chi connectivity index (χ4v) is 1.79. The molecule has 0 atom stereocenters. The van der Waals surface area contributed by atoms with Gasteiger partial charge < -0.3 is 10.1 Å². The van der Waals surface area contributed by atoms with Gasteiger partial charge in [0.25, 0.3) is 0 Å². The van der Waals surface area contributed by atoms with Crippen LogP contribution in [0.4, 0.5) is 4.79 Å². The van der Waals surface area contributed by atoms with Crippen LogP contribution in [0.2, 0.25) is 0 Å². The van der Waals surface area contributed by atoms with Gasteiger partial charge in [-0.25, -0.2) is 9.48 Å². The topological polar surface area (TPSA) is 81.9 Å². The van der Waals surface area contributed by atoms with E-state index >= 15 is 0 Å². The first-order chi connectivity index (χ1) is 10.8. The number of ether oxygens (including phenoxy) is 1. The van der Waals surface area contributed by atoms with Gasteiger partial charge in [-0.2, -0.15) is 0 Å². The summed E-state index contributed by atoms with van der Waals surface area (Å²) in [7, 11) is 0. The molecule has 1 aromatic carbocycles. The monoisotopic (exact) mass is 295 g/mol. The highest BCUT2D eigenvalue weighted by atomic mass is 16.6. The molecule has 0 unspecified atom stereocenters. The van der Waals surface area contributed by atoms with Crippen molar-refractivity contribution >= 4 is 6.09 Å². The van der Waals surface area contributed by atoms with E-state index in [4.69, 9.17) is 4.74 Å². The van der Waals surface area contributed by atoms with Gasteiger partial charge in [0.05, 0.1) is 24.6 Å². The first-order valence-electron chi connectivity index (χ1n) is 6.63. The van der Waals surface area contributed by atoms with Crippen LogP contribution in [0.15, 0.2) is 61.1 Å². The van der Waals surface area contributed by atoms with Crippen molar-refractivity contribution in [2.45, 2.75) is 6.54 Å². The van der Waals surface area contributed by atoms with Gasteiger partial charge in [-0.05, 0) is 24.3 Å². The third-order valence-corrected chi connectivity index (χ3v) is 2.82. The first-order valence-corrected chi connectivity index (χ1v) is 6.63. The van der Waals surface area contributed by atoms with Crippen LogP contribution in [0.5, 0.6) is 5.75 Å². The molecule has 0 saturated heterocycles. The Morgan fingerprint density at radius 3 is 2.82 bits per heavy atom. The van der Waals surface area contributed by atoms with E-state index in [-0.39, 0.29) is 6.54 Å². The van der Waals surface area contributed by atoms with Crippen LogP contribution >= 0.6 is 0 Å². The lowest BCUT2D eigenvalue weighted by molar-refractivity contribution is 0.200. The van der Waals surface area contributed by atoms with Crippen LogP contribution in [-0.2, 0) is 6.54 Å². The van der Waals surface area contributed by atoms with Gasteiger partial charge in [0.1, 0.15) is 11.4 Å². The molecule has 0 aliphatic carbocycles. The predicted octanol–water partition coefficient (Wildman–Crippen LogP) is 1.95. The van der Waals surface area contributed by atoms with Crippen LogP contribution in [0.25, 0.3) is 5.69 Å². The molecule has 0 aliphatic rings. The largest absolute Gasteiger partial charge is 0.412 e. The minimum absolute atomic E-state index is 0.228. The Balaban J connectivity index is 1.56. The van der Waals surface area contributed by atoms with Gasteiger partial charge in [-0.3, -0.25) is 4.98 Å². The van der Waals surface area contributed by atoms with E-state index in [0.29, 0.717) is 11.4 Å². The van der Waals surface area contributed by atoms with Crippen molar-refractivity contribution in [1.29, 1.82) is 0 Å². The lowest BCUT2D eigenvalue weighted by atomic mass is 10.3. The molecule has 2 heterocycles. The number of benzene rings is 1. The van der Waals surface area contributed by atoms with Crippen molar-refractivity contribution in [2.24, 2.45) is 0 Å². The molecular formula is C15H13N5O2. The van der Waals surface area contributed by atoms with Crippen molar-refractivity contribution < 1.29 is 9.53 Å². The van der Waals surface area contributed by atoms with Crippen LogP contribution in [-0.4, -0.2) is 26.1 Å². The minimum Gasteiger partial charge on any atom is -0.410 e. The maximum Gasteiger partial charge on any atom is 0.412 e. The third kappa shape index (κ3) is 3.45. The number of carbonyl (C=O) groups is 1. The molecule has 1 amide bonds. The van der Waals surface area contributed by atoms with Crippen LogP contribution in [0, 0.1) is 0 Å². The van der Waals surface area contributed by atoms with Gasteiger partial charge >= 0.3 is 6.09 Å². The van der Waals surface area contributed by atoms with Crippen LogP contribution in [0.3, 0.4) is 0 Å². The molecular weight excluding hydrogens is 282 g/mol. The molecule has 0 aliphatic heterocycles. The molecule has 0 fully saturated rings. The van der Waals surface area contributed by atoms with E-state index in [1.165, 1.54) is 0 Å². The van der Waals surface area contributed by atoms with Crippen molar-refractivity contribution in [3.05, 3.63) is 66.7 Å². The van der Waals surface area contributed by atoms with Gasteiger partial charge in [0.15, 0.2) is 0 Å². The Labute approximate surface area is 126 Å². The summed E-state index contributed by atoms with van der Waals surface area (Å²) in [6.45, 7) is 0.228. The molecule has 0 bridgehead atoms. The summed E-state index contributed by atoms with van der Waals surface area (Å²) in [6.07, 6.45) is 4.54. The number of hydrogen-bond acceptors (Lipinski definition) is 5. The predicted molar refractivity (Wildman–Crippen MR) is 78.5 cm³/mol. The zero-order valence-corrected chi connectivity index (χ0v) is 11.6. The van der Waals surface area contributed by atoms with Crippen molar-refractivity contribution in [3.63, 3.8) is 0 Å². The summed E-state index contributed by atoms with van der Waals surface area (Å²) in [4.78, 5) is 15.7. The zero-order valence-electron chi connectivity index (χ0n) is 11.6. The Kier molecular flexibility index (Phi) is 4.05. The quantitative estimate of drug-likeness (QED) is 0.795. The summed E-state index contributed by atoms with van der Waals surface area (Å²) in [5, 5.41) is 10.6. The Morgan fingerprint density at radius 2 is 2.05 bits per heavy atom. The van der Waals surface area contributed by atoms with E-state index in [1.807, 2.05) is 18.2 Å². The smallest absolute Gasteiger partial charge is 0.410 e. The summed E-state index contributed by atoms with van der Waals surface area (Å²) >= 11 is 0. The van der Waals surface area contributed by atoms with E-state index in [0.717, 1.165) is 5.69 Å². The summed E-state index contributed by atoms with van der Waals surface area (Å²) in [5.74, 6) is 0.485. The highest BCUT2D eigenvalue weighted by Crippen LogP contribution is 2.08. The second kappa shape index (κ2) is 6.49. The Morgan fingerprint density at radius 1 is 1.18 bits per heavy atom. The molecule has 2 aromatic heterocycles. The number of rotatable bonds is 4. The zero-order chi connectivity index (χ0) is 15.2. The molecule has 0 radical (unpaired) electrons. The standard InChI is InChI=1S/C15H13N5O2/c21-15(22-14-6-2-1-3-7-14)17-9-12-11-20(19-18-12)13-5-4-8-16-10-13/h1-8,10-11H,9H2,(H,17,21). The van der Waals surface area contributed by atoms with E-state index in [2.05, 4.69) is 20.6 Å². The van der Waals surface area contributed by atoms with Gasteiger partial charge in [-0.15, -0.1) is 5.10 Å². The number of amides is 1. The average Bonchev–Trinajstić information content (AvgIpc) is 3.04. The molecule has 3 rings (SSSR count). The third-order valence-electron chi connectivity index (χ3n) is 2.82.